The molecule has 3 nitrogen and oxygen atoms in total. The lowest BCUT2D eigenvalue weighted by atomic mass is 10.0. The molecule has 0 aromatic heterocycles. The predicted octanol–water partition coefficient (Wildman–Crippen LogP) is 1.85. The van der Waals surface area contributed by atoms with Gasteiger partial charge in [-0.1, -0.05) is 43.0 Å². The summed E-state index contributed by atoms with van der Waals surface area (Å²) in [5.74, 6) is 0.920. The number of quaternary nitrogens is 1. The highest BCUT2D eigenvalue weighted by Gasteiger charge is 2.10. The molecule has 2 aromatic carbocycles. The Labute approximate surface area is 119 Å². The summed E-state index contributed by atoms with van der Waals surface area (Å²) < 4.78 is 5.76. The number of ether oxygens (including phenoxy) is 1. The highest BCUT2D eigenvalue weighted by Crippen LogP contribution is 2.27. The molecule has 0 bridgehead atoms. The summed E-state index contributed by atoms with van der Waals surface area (Å²) in [6, 6.07) is 12.5. The van der Waals surface area contributed by atoms with E-state index >= 15 is 0 Å². The molecule has 0 unspecified atom stereocenters. The molecule has 3 heteroatoms. The summed E-state index contributed by atoms with van der Waals surface area (Å²) in [4.78, 5) is 0. The van der Waals surface area contributed by atoms with E-state index in [4.69, 9.17) is 9.84 Å². The van der Waals surface area contributed by atoms with Gasteiger partial charge in [-0.15, -0.1) is 0 Å². The van der Waals surface area contributed by atoms with Crippen LogP contribution in [0.1, 0.15) is 12.0 Å². The van der Waals surface area contributed by atoms with Crippen molar-refractivity contribution in [3.05, 3.63) is 54.6 Å². The summed E-state index contributed by atoms with van der Waals surface area (Å²) >= 11 is 0. The highest BCUT2D eigenvalue weighted by molar-refractivity contribution is 5.87. The van der Waals surface area contributed by atoms with Crippen molar-refractivity contribution in [2.45, 2.75) is 13.0 Å². The van der Waals surface area contributed by atoms with E-state index in [1.54, 1.807) is 6.08 Å². The molecule has 2 rings (SSSR count). The molecule has 0 aliphatic rings. The summed E-state index contributed by atoms with van der Waals surface area (Å²) in [5, 5.41) is 13.5. The lowest BCUT2D eigenvalue weighted by Crippen LogP contribution is -2.82. The molecule has 20 heavy (non-hydrogen) atoms. The van der Waals surface area contributed by atoms with Crippen LogP contribution < -0.4 is 10.1 Å². The van der Waals surface area contributed by atoms with Gasteiger partial charge in [0.1, 0.15) is 18.9 Å². The van der Waals surface area contributed by atoms with E-state index in [2.05, 4.69) is 36.2 Å². The van der Waals surface area contributed by atoms with Gasteiger partial charge < -0.3 is 15.2 Å². The smallest absolute Gasteiger partial charge is 0.129 e. The van der Waals surface area contributed by atoms with E-state index in [0.717, 1.165) is 25.3 Å². The zero-order valence-corrected chi connectivity index (χ0v) is 11.7. The third kappa shape index (κ3) is 3.59. The van der Waals surface area contributed by atoms with Crippen molar-refractivity contribution >= 4 is 10.8 Å². The van der Waals surface area contributed by atoms with Crippen LogP contribution in [0.2, 0.25) is 0 Å². The molecular formula is C17H22NO2+. The Hall–Kier alpha value is -1.84. The number of hydrogen-bond donors (Lipinski definition) is 2. The predicted molar refractivity (Wildman–Crippen MR) is 81.8 cm³/mol. The Morgan fingerprint density at radius 2 is 2.05 bits per heavy atom. The molecule has 0 heterocycles. The summed E-state index contributed by atoms with van der Waals surface area (Å²) in [7, 11) is 0. The van der Waals surface area contributed by atoms with Crippen molar-refractivity contribution in [2.75, 3.05) is 19.8 Å². The van der Waals surface area contributed by atoms with Gasteiger partial charge in [0.15, 0.2) is 0 Å². The molecule has 0 radical (unpaired) electrons. The lowest BCUT2D eigenvalue weighted by molar-refractivity contribution is -0.670. The standard InChI is InChI=1S/C17H21NO2/c1-2-12-20-17-9-8-14-6-3-4-7-15(14)16(17)13-18-10-5-11-19/h2-4,6-9,18-19H,1,5,10-13H2/p+1. The molecule has 106 valence electrons. The van der Waals surface area contributed by atoms with Crippen molar-refractivity contribution in [1.82, 2.24) is 0 Å². The first kappa shape index (κ1) is 14.6. The fraction of sp³-hybridized carbons (Fsp3) is 0.294. The van der Waals surface area contributed by atoms with Gasteiger partial charge in [-0.05, 0) is 16.8 Å². The quantitative estimate of drug-likeness (QED) is 0.569. The van der Waals surface area contributed by atoms with Crippen LogP contribution in [0.3, 0.4) is 0 Å². The maximum Gasteiger partial charge on any atom is 0.129 e. The minimum absolute atomic E-state index is 0.242. The minimum Gasteiger partial charge on any atom is -0.489 e. The topological polar surface area (TPSA) is 46.1 Å². The van der Waals surface area contributed by atoms with E-state index in [1.807, 2.05) is 12.1 Å². The normalized spacial score (nSPS) is 10.7. The zero-order valence-electron chi connectivity index (χ0n) is 11.7. The molecule has 0 aliphatic heterocycles. The van der Waals surface area contributed by atoms with Crippen LogP contribution in [0.25, 0.3) is 10.8 Å². The van der Waals surface area contributed by atoms with Gasteiger partial charge in [0.25, 0.3) is 0 Å². The largest absolute Gasteiger partial charge is 0.489 e. The summed E-state index contributed by atoms with van der Waals surface area (Å²) in [5.41, 5.74) is 1.21. The fourth-order valence-corrected chi connectivity index (χ4v) is 2.29. The minimum atomic E-state index is 0.242. The third-order valence-electron chi connectivity index (χ3n) is 3.27. The van der Waals surface area contributed by atoms with Gasteiger partial charge in [-0.25, -0.2) is 0 Å². The maximum absolute atomic E-state index is 8.85. The van der Waals surface area contributed by atoms with E-state index in [-0.39, 0.29) is 6.61 Å². The first-order valence-corrected chi connectivity index (χ1v) is 7.03. The molecule has 0 saturated heterocycles. The number of aliphatic hydroxyl groups excluding tert-OH is 1. The van der Waals surface area contributed by atoms with Crippen LogP contribution in [0, 0.1) is 0 Å². The molecular weight excluding hydrogens is 250 g/mol. The van der Waals surface area contributed by atoms with E-state index < -0.39 is 0 Å². The molecule has 0 amide bonds. The Balaban J connectivity index is 2.26. The van der Waals surface area contributed by atoms with Gasteiger partial charge in [0.2, 0.25) is 0 Å². The number of aliphatic hydroxyl groups is 1. The van der Waals surface area contributed by atoms with E-state index in [0.29, 0.717) is 6.61 Å². The van der Waals surface area contributed by atoms with Crippen LogP contribution in [0.4, 0.5) is 0 Å². The van der Waals surface area contributed by atoms with Crippen molar-refractivity contribution in [2.24, 2.45) is 0 Å². The van der Waals surface area contributed by atoms with Gasteiger partial charge in [0.05, 0.1) is 12.1 Å². The third-order valence-corrected chi connectivity index (χ3v) is 3.27. The molecule has 0 saturated carbocycles. The maximum atomic E-state index is 8.85. The lowest BCUT2D eigenvalue weighted by Gasteiger charge is -2.12. The number of fused-ring (bicyclic) bond motifs is 1. The van der Waals surface area contributed by atoms with Crippen molar-refractivity contribution in [3.63, 3.8) is 0 Å². The van der Waals surface area contributed by atoms with Gasteiger partial charge in [-0.2, -0.15) is 0 Å². The number of nitrogens with two attached hydrogens (primary N) is 1. The highest BCUT2D eigenvalue weighted by atomic mass is 16.5. The van der Waals surface area contributed by atoms with E-state index in [9.17, 15) is 0 Å². The van der Waals surface area contributed by atoms with Gasteiger partial charge >= 0.3 is 0 Å². The molecule has 0 fully saturated rings. The Morgan fingerprint density at radius 1 is 1.20 bits per heavy atom. The number of benzene rings is 2. The second kappa shape index (κ2) is 7.68. The zero-order chi connectivity index (χ0) is 14.2. The molecule has 3 N–H and O–H groups in total. The summed E-state index contributed by atoms with van der Waals surface area (Å²) in [6.07, 6.45) is 2.57. The average molecular weight is 272 g/mol. The SMILES string of the molecule is C=CCOc1ccc2ccccc2c1C[NH2+]CCCO. The Morgan fingerprint density at radius 3 is 2.85 bits per heavy atom. The molecule has 0 spiro atoms. The Kier molecular flexibility index (Phi) is 5.59. The van der Waals surface area contributed by atoms with Crippen LogP contribution in [-0.2, 0) is 6.54 Å². The summed E-state index contributed by atoms with van der Waals surface area (Å²) in [6.45, 7) is 6.22. The Bertz CT molecular complexity index is 566. The molecule has 0 atom stereocenters. The van der Waals surface area contributed by atoms with Crippen molar-refractivity contribution < 1.29 is 15.2 Å². The molecule has 2 aromatic rings. The van der Waals surface area contributed by atoms with Gasteiger partial charge in [0, 0.05) is 13.0 Å². The van der Waals surface area contributed by atoms with Crippen molar-refractivity contribution in [3.8, 4) is 5.75 Å². The van der Waals surface area contributed by atoms with Crippen LogP contribution >= 0.6 is 0 Å². The van der Waals surface area contributed by atoms with Gasteiger partial charge in [-0.3, -0.25) is 0 Å². The van der Waals surface area contributed by atoms with Crippen LogP contribution in [0.15, 0.2) is 49.1 Å². The first-order chi connectivity index (χ1) is 9.86. The fourth-order valence-electron chi connectivity index (χ4n) is 2.29. The van der Waals surface area contributed by atoms with Crippen LogP contribution in [-0.4, -0.2) is 24.9 Å². The second-order valence-electron chi connectivity index (χ2n) is 4.72. The van der Waals surface area contributed by atoms with Crippen LogP contribution in [0.5, 0.6) is 5.75 Å². The average Bonchev–Trinajstić information content (AvgIpc) is 2.50. The van der Waals surface area contributed by atoms with Crippen molar-refractivity contribution in [1.29, 1.82) is 0 Å². The van der Waals surface area contributed by atoms with E-state index in [1.165, 1.54) is 16.3 Å². The first-order valence-electron chi connectivity index (χ1n) is 7.03. The number of hydrogen-bond acceptors (Lipinski definition) is 2. The number of rotatable bonds is 8. The molecule has 0 aliphatic carbocycles. The second-order valence-corrected chi connectivity index (χ2v) is 4.72. The monoisotopic (exact) mass is 272 g/mol.